The highest BCUT2D eigenvalue weighted by Crippen LogP contribution is 2.35. The van der Waals surface area contributed by atoms with Crippen LogP contribution in [0.3, 0.4) is 0 Å². The van der Waals surface area contributed by atoms with Crippen LogP contribution in [-0.2, 0) is 4.79 Å². The number of carbonyl (C=O) groups excluding carboxylic acids is 1. The number of para-hydroxylation sites is 1. The molecular weight excluding hydrogens is 440 g/mol. The molecule has 0 radical (unpaired) electrons. The predicted molar refractivity (Wildman–Crippen MR) is 131 cm³/mol. The molecule has 33 heavy (non-hydrogen) atoms. The van der Waals surface area contributed by atoms with E-state index in [1.54, 1.807) is 50.5 Å². The van der Waals surface area contributed by atoms with E-state index < -0.39 is 0 Å². The monoisotopic (exact) mass is 462 g/mol. The summed E-state index contributed by atoms with van der Waals surface area (Å²) in [7, 11) is 4.73. The standard InChI is InChI=1S/C26H23ClN2O4/c1-16-19(27)9-7-10-21(16)29-25(18-12-13-23(32-3)24(15-18)33-4)28-20(26(29)30)14-17-8-5-6-11-22(17)31-2/h5-15H,1-4H3. The summed E-state index contributed by atoms with van der Waals surface area (Å²) in [5, 5.41) is 0.564. The van der Waals surface area contributed by atoms with E-state index in [0.717, 1.165) is 11.1 Å². The number of benzene rings is 3. The second-order valence-corrected chi connectivity index (χ2v) is 7.71. The zero-order chi connectivity index (χ0) is 23.5. The van der Waals surface area contributed by atoms with E-state index in [1.165, 1.54) is 0 Å². The molecule has 4 rings (SSSR count). The lowest BCUT2D eigenvalue weighted by atomic mass is 10.1. The first kappa shape index (κ1) is 22.4. The van der Waals surface area contributed by atoms with Crippen molar-refractivity contribution in [2.45, 2.75) is 6.92 Å². The Kier molecular flexibility index (Phi) is 6.38. The molecule has 0 atom stereocenters. The molecule has 0 fully saturated rings. The van der Waals surface area contributed by atoms with Gasteiger partial charge in [-0.2, -0.15) is 0 Å². The number of methoxy groups -OCH3 is 3. The average molecular weight is 463 g/mol. The number of nitrogens with zero attached hydrogens (tertiary/aromatic N) is 2. The highest BCUT2D eigenvalue weighted by Gasteiger charge is 2.34. The van der Waals surface area contributed by atoms with Crippen LogP contribution in [-0.4, -0.2) is 33.1 Å². The van der Waals surface area contributed by atoms with Crippen molar-refractivity contribution in [3.63, 3.8) is 0 Å². The quantitative estimate of drug-likeness (QED) is 0.453. The number of hydrogen-bond acceptors (Lipinski definition) is 5. The van der Waals surface area contributed by atoms with Gasteiger partial charge in [0.05, 0.1) is 27.0 Å². The van der Waals surface area contributed by atoms with Crippen molar-refractivity contribution in [1.29, 1.82) is 0 Å². The van der Waals surface area contributed by atoms with Crippen molar-refractivity contribution in [2.75, 3.05) is 26.2 Å². The molecule has 3 aromatic carbocycles. The molecule has 0 saturated carbocycles. The maximum Gasteiger partial charge on any atom is 0.282 e. The molecule has 1 aliphatic rings. The minimum atomic E-state index is -0.268. The smallest absolute Gasteiger partial charge is 0.282 e. The number of amidine groups is 1. The van der Waals surface area contributed by atoms with Gasteiger partial charge < -0.3 is 14.2 Å². The van der Waals surface area contributed by atoms with Crippen molar-refractivity contribution in [3.05, 3.63) is 88.1 Å². The van der Waals surface area contributed by atoms with E-state index in [4.69, 9.17) is 30.8 Å². The molecule has 1 amide bonds. The van der Waals surface area contributed by atoms with Crippen molar-refractivity contribution < 1.29 is 19.0 Å². The number of hydrogen-bond donors (Lipinski definition) is 0. The maximum absolute atomic E-state index is 13.6. The molecule has 3 aromatic rings. The van der Waals surface area contributed by atoms with Gasteiger partial charge in [-0.1, -0.05) is 35.9 Å². The minimum absolute atomic E-state index is 0.268. The largest absolute Gasteiger partial charge is 0.496 e. The van der Waals surface area contributed by atoms with Crippen LogP contribution < -0.4 is 19.1 Å². The summed E-state index contributed by atoms with van der Waals surface area (Å²) in [4.78, 5) is 19.9. The number of anilines is 1. The SMILES string of the molecule is COc1ccccc1C=C1N=C(c2ccc(OC)c(OC)c2)N(c2cccc(Cl)c2C)C1=O. The minimum Gasteiger partial charge on any atom is -0.496 e. The van der Waals surface area contributed by atoms with E-state index in [9.17, 15) is 4.79 Å². The molecule has 0 saturated heterocycles. The molecular formula is C26H23ClN2O4. The van der Waals surface area contributed by atoms with E-state index in [-0.39, 0.29) is 11.6 Å². The van der Waals surface area contributed by atoms with Gasteiger partial charge in [-0.15, -0.1) is 0 Å². The van der Waals surface area contributed by atoms with Crippen LogP contribution in [0.15, 0.2) is 71.4 Å². The fourth-order valence-corrected chi connectivity index (χ4v) is 3.85. The first-order valence-electron chi connectivity index (χ1n) is 10.2. The molecule has 1 heterocycles. The van der Waals surface area contributed by atoms with Gasteiger partial charge in [0.15, 0.2) is 11.5 Å². The Morgan fingerprint density at radius 2 is 1.61 bits per heavy atom. The fourth-order valence-electron chi connectivity index (χ4n) is 3.68. The number of halogens is 1. The Labute approximate surface area is 197 Å². The van der Waals surface area contributed by atoms with Crippen LogP contribution in [0.4, 0.5) is 5.69 Å². The lowest BCUT2D eigenvalue weighted by Crippen LogP contribution is -2.33. The van der Waals surface area contributed by atoms with Crippen molar-refractivity contribution in [2.24, 2.45) is 4.99 Å². The summed E-state index contributed by atoms with van der Waals surface area (Å²) >= 11 is 6.38. The van der Waals surface area contributed by atoms with Crippen LogP contribution in [0.2, 0.25) is 5.02 Å². The van der Waals surface area contributed by atoms with Gasteiger partial charge >= 0.3 is 0 Å². The molecule has 6 nitrogen and oxygen atoms in total. The second-order valence-electron chi connectivity index (χ2n) is 7.30. The Balaban J connectivity index is 1.90. The number of amides is 1. The molecule has 168 valence electrons. The van der Waals surface area contributed by atoms with Gasteiger partial charge in [0.2, 0.25) is 0 Å². The van der Waals surface area contributed by atoms with Crippen molar-refractivity contribution >= 4 is 35.1 Å². The van der Waals surface area contributed by atoms with Crippen LogP contribution >= 0.6 is 11.6 Å². The van der Waals surface area contributed by atoms with Crippen LogP contribution in [0.5, 0.6) is 17.2 Å². The fraction of sp³-hybridized carbons (Fsp3) is 0.154. The van der Waals surface area contributed by atoms with Gasteiger partial charge in [-0.3, -0.25) is 9.69 Å². The molecule has 0 aliphatic carbocycles. The Hall–Kier alpha value is -3.77. The van der Waals surface area contributed by atoms with Crippen LogP contribution in [0, 0.1) is 6.92 Å². The van der Waals surface area contributed by atoms with Crippen LogP contribution in [0.25, 0.3) is 6.08 Å². The van der Waals surface area contributed by atoms with Gasteiger partial charge in [0.1, 0.15) is 17.3 Å². The molecule has 0 spiro atoms. The van der Waals surface area contributed by atoms with E-state index in [1.807, 2.05) is 49.4 Å². The number of aliphatic imine (C=N–C) groups is 1. The lowest BCUT2D eigenvalue weighted by molar-refractivity contribution is -0.113. The summed E-state index contributed by atoms with van der Waals surface area (Å²) in [6.07, 6.45) is 1.72. The third-order valence-corrected chi connectivity index (χ3v) is 5.82. The summed E-state index contributed by atoms with van der Waals surface area (Å²) < 4.78 is 16.3. The zero-order valence-corrected chi connectivity index (χ0v) is 19.5. The number of ether oxygens (including phenoxy) is 3. The summed E-state index contributed by atoms with van der Waals surface area (Å²) in [6.45, 7) is 1.87. The van der Waals surface area contributed by atoms with Crippen molar-refractivity contribution in [1.82, 2.24) is 0 Å². The first-order valence-corrected chi connectivity index (χ1v) is 10.6. The highest BCUT2D eigenvalue weighted by molar-refractivity contribution is 6.35. The number of carbonyl (C=O) groups is 1. The normalized spacial score (nSPS) is 14.5. The Morgan fingerprint density at radius 1 is 0.879 bits per heavy atom. The summed E-state index contributed by atoms with van der Waals surface area (Å²) in [5.74, 6) is 1.97. The topological polar surface area (TPSA) is 60.4 Å². The van der Waals surface area contributed by atoms with Gasteiger partial charge in [0.25, 0.3) is 5.91 Å². The zero-order valence-electron chi connectivity index (χ0n) is 18.8. The predicted octanol–water partition coefficient (Wildman–Crippen LogP) is 5.51. The molecule has 0 aromatic heterocycles. The molecule has 0 unspecified atom stereocenters. The Morgan fingerprint density at radius 3 is 2.33 bits per heavy atom. The number of rotatable bonds is 6. The summed E-state index contributed by atoms with van der Waals surface area (Å²) in [6, 6.07) is 18.3. The summed E-state index contributed by atoms with van der Waals surface area (Å²) in [5.41, 5.74) is 3.17. The molecule has 0 N–H and O–H groups in total. The average Bonchev–Trinajstić information content (AvgIpc) is 3.16. The van der Waals surface area contributed by atoms with Gasteiger partial charge in [-0.25, -0.2) is 4.99 Å². The van der Waals surface area contributed by atoms with Crippen molar-refractivity contribution in [3.8, 4) is 17.2 Å². The maximum atomic E-state index is 13.6. The molecule has 0 bridgehead atoms. The van der Waals surface area contributed by atoms with Crippen LogP contribution in [0.1, 0.15) is 16.7 Å². The Bertz CT molecular complexity index is 1280. The highest BCUT2D eigenvalue weighted by atomic mass is 35.5. The lowest BCUT2D eigenvalue weighted by Gasteiger charge is -2.21. The third kappa shape index (κ3) is 4.17. The van der Waals surface area contributed by atoms with E-state index in [0.29, 0.717) is 39.4 Å². The second kappa shape index (κ2) is 9.38. The van der Waals surface area contributed by atoms with Gasteiger partial charge in [-0.05, 0) is 55.0 Å². The molecule has 1 aliphatic heterocycles. The van der Waals surface area contributed by atoms with Gasteiger partial charge in [0, 0.05) is 16.1 Å². The molecule has 7 heteroatoms. The van der Waals surface area contributed by atoms with E-state index >= 15 is 0 Å². The van der Waals surface area contributed by atoms with E-state index in [2.05, 4.69) is 0 Å². The first-order chi connectivity index (χ1) is 16.0. The third-order valence-electron chi connectivity index (χ3n) is 5.41.